The molecule has 0 amide bonds. The number of nitrogens with zero attached hydrogens (tertiary/aromatic N) is 1. The maximum absolute atomic E-state index is 6.11. The Bertz CT molecular complexity index is 671. The van der Waals surface area contributed by atoms with Gasteiger partial charge < -0.3 is 9.47 Å². The van der Waals surface area contributed by atoms with Gasteiger partial charge in [0.2, 0.25) is 0 Å². The van der Waals surface area contributed by atoms with E-state index in [1.165, 1.54) is 36.0 Å². The first-order chi connectivity index (χ1) is 12.8. The largest absolute Gasteiger partial charge is 0.489 e. The molecule has 26 heavy (non-hydrogen) atoms. The third kappa shape index (κ3) is 4.87. The van der Waals surface area contributed by atoms with Crippen molar-refractivity contribution in [1.29, 1.82) is 0 Å². The molecule has 140 valence electrons. The molecule has 0 aliphatic carbocycles. The van der Waals surface area contributed by atoms with Gasteiger partial charge in [-0.3, -0.25) is 4.90 Å². The molecule has 2 aromatic carbocycles. The lowest BCUT2D eigenvalue weighted by Gasteiger charge is -2.37. The molecule has 0 spiro atoms. The van der Waals surface area contributed by atoms with E-state index in [0.29, 0.717) is 6.61 Å². The summed E-state index contributed by atoms with van der Waals surface area (Å²) < 4.78 is 12.1. The van der Waals surface area contributed by atoms with Crippen molar-refractivity contribution in [3.8, 4) is 5.75 Å². The fraction of sp³-hybridized carbons (Fsp3) is 0.478. The summed E-state index contributed by atoms with van der Waals surface area (Å²) in [5, 5.41) is 0. The fourth-order valence-electron chi connectivity index (χ4n) is 3.60. The highest BCUT2D eigenvalue weighted by molar-refractivity contribution is 5.38. The van der Waals surface area contributed by atoms with Crippen LogP contribution in [0.2, 0.25) is 0 Å². The topological polar surface area (TPSA) is 21.7 Å². The zero-order chi connectivity index (χ0) is 18.2. The number of hydrogen-bond acceptors (Lipinski definition) is 3. The summed E-state index contributed by atoms with van der Waals surface area (Å²) >= 11 is 0. The van der Waals surface area contributed by atoms with Crippen molar-refractivity contribution in [3.63, 3.8) is 0 Å². The standard InChI is InChI=1S/C23H31NO2/c1-3-5-9-15-24-16-14-20-17-21(12-13-22(20)23(24)25-4-2)26-18-19-10-7-6-8-11-19/h6-8,10-13,17,23H,3-5,9,14-16,18H2,1-2H3. The molecule has 2 aromatic rings. The normalized spacial score (nSPS) is 17.1. The fourth-order valence-corrected chi connectivity index (χ4v) is 3.60. The van der Waals surface area contributed by atoms with Crippen LogP contribution in [-0.4, -0.2) is 24.6 Å². The number of hydrogen-bond donors (Lipinski definition) is 0. The Morgan fingerprint density at radius 1 is 1.04 bits per heavy atom. The molecule has 0 saturated heterocycles. The first-order valence-corrected chi connectivity index (χ1v) is 9.97. The molecule has 3 heteroatoms. The SMILES string of the molecule is CCCCCN1CCc2cc(OCc3ccccc3)ccc2C1OCC. The molecule has 1 unspecified atom stereocenters. The van der Waals surface area contributed by atoms with E-state index < -0.39 is 0 Å². The van der Waals surface area contributed by atoms with Crippen LogP contribution in [-0.2, 0) is 17.8 Å². The van der Waals surface area contributed by atoms with E-state index in [-0.39, 0.29) is 6.23 Å². The highest BCUT2D eigenvalue weighted by Crippen LogP contribution is 2.33. The molecule has 3 rings (SSSR count). The third-order valence-corrected chi connectivity index (χ3v) is 5.00. The number of rotatable bonds is 9. The van der Waals surface area contributed by atoms with Crippen LogP contribution in [0.3, 0.4) is 0 Å². The average molecular weight is 354 g/mol. The quantitative estimate of drug-likeness (QED) is 0.567. The maximum atomic E-state index is 6.11. The minimum absolute atomic E-state index is 0.0868. The summed E-state index contributed by atoms with van der Waals surface area (Å²) in [5.74, 6) is 0.947. The zero-order valence-corrected chi connectivity index (χ0v) is 16.1. The second-order valence-electron chi connectivity index (χ2n) is 6.94. The Kier molecular flexibility index (Phi) is 7.10. The van der Waals surface area contributed by atoms with Crippen LogP contribution >= 0.6 is 0 Å². The molecule has 0 saturated carbocycles. The molecule has 0 fully saturated rings. The Balaban J connectivity index is 1.68. The van der Waals surface area contributed by atoms with Gasteiger partial charge >= 0.3 is 0 Å². The van der Waals surface area contributed by atoms with Crippen molar-refractivity contribution >= 4 is 0 Å². The minimum atomic E-state index is 0.0868. The van der Waals surface area contributed by atoms with E-state index in [4.69, 9.17) is 9.47 Å². The lowest BCUT2D eigenvalue weighted by atomic mass is 9.97. The lowest BCUT2D eigenvalue weighted by molar-refractivity contribution is -0.0644. The van der Waals surface area contributed by atoms with Crippen LogP contribution in [0, 0.1) is 0 Å². The van der Waals surface area contributed by atoms with Crippen LogP contribution < -0.4 is 4.74 Å². The van der Waals surface area contributed by atoms with Gasteiger partial charge in [0.15, 0.2) is 0 Å². The Hall–Kier alpha value is -1.84. The first-order valence-electron chi connectivity index (χ1n) is 9.97. The van der Waals surface area contributed by atoms with E-state index in [1.807, 2.05) is 18.2 Å². The summed E-state index contributed by atoms with van der Waals surface area (Å²) in [7, 11) is 0. The predicted octanol–water partition coefficient (Wildman–Crippen LogP) is 5.35. The van der Waals surface area contributed by atoms with E-state index in [9.17, 15) is 0 Å². The summed E-state index contributed by atoms with van der Waals surface area (Å²) in [6.45, 7) is 7.85. The molecule has 0 aromatic heterocycles. The molecule has 0 N–H and O–H groups in total. The molecule has 0 radical (unpaired) electrons. The second kappa shape index (κ2) is 9.75. The van der Waals surface area contributed by atoms with Gasteiger partial charge in [-0.05, 0) is 48.6 Å². The summed E-state index contributed by atoms with van der Waals surface area (Å²) in [4.78, 5) is 2.49. The van der Waals surface area contributed by atoms with Crippen LogP contribution in [0.15, 0.2) is 48.5 Å². The van der Waals surface area contributed by atoms with Gasteiger partial charge in [-0.2, -0.15) is 0 Å². The lowest BCUT2D eigenvalue weighted by Crippen LogP contribution is -2.37. The highest BCUT2D eigenvalue weighted by atomic mass is 16.5. The van der Waals surface area contributed by atoms with Crippen LogP contribution in [0.5, 0.6) is 5.75 Å². The zero-order valence-electron chi connectivity index (χ0n) is 16.1. The van der Waals surface area contributed by atoms with Crippen LogP contribution in [0.1, 0.15) is 56.0 Å². The summed E-state index contributed by atoms with van der Waals surface area (Å²) in [6.07, 6.45) is 4.94. The Morgan fingerprint density at radius 2 is 1.88 bits per heavy atom. The van der Waals surface area contributed by atoms with Crippen molar-refractivity contribution in [2.75, 3.05) is 19.7 Å². The molecule has 0 bridgehead atoms. The van der Waals surface area contributed by atoms with E-state index >= 15 is 0 Å². The average Bonchev–Trinajstić information content (AvgIpc) is 2.69. The van der Waals surface area contributed by atoms with Crippen molar-refractivity contribution in [2.45, 2.75) is 52.4 Å². The van der Waals surface area contributed by atoms with Gasteiger partial charge in [0, 0.05) is 19.7 Å². The van der Waals surface area contributed by atoms with Gasteiger partial charge in [-0.15, -0.1) is 0 Å². The summed E-state index contributed by atoms with van der Waals surface area (Å²) in [5.41, 5.74) is 3.86. The second-order valence-corrected chi connectivity index (χ2v) is 6.94. The van der Waals surface area contributed by atoms with Gasteiger partial charge in [-0.1, -0.05) is 56.2 Å². The number of fused-ring (bicyclic) bond motifs is 1. The van der Waals surface area contributed by atoms with Crippen LogP contribution in [0.4, 0.5) is 0 Å². The van der Waals surface area contributed by atoms with Gasteiger partial charge in [0.25, 0.3) is 0 Å². The maximum Gasteiger partial charge on any atom is 0.137 e. The summed E-state index contributed by atoms with van der Waals surface area (Å²) in [6, 6.07) is 16.8. The first kappa shape index (κ1) is 18.9. The molecule has 3 nitrogen and oxygen atoms in total. The van der Waals surface area contributed by atoms with Crippen molar-refractivity contribution in [3.05, 3.63) is 65.2 Å². The molecule has 1 aliphatic heterocycles. The van der Waals surface area contributed by atoms with Crippen molar-refractivity contribution < 1.29 is 9.47 Å². The predicted molar refractivity (Wildman–Crippen MR) is 106 cm³/mol. The van der Waals surface area contributed by atoms with Gasteiger partial charge in [0.1, 0.15) is 18.6 Å². The van der Waals surface area contributed by atoms with E-state index in [0.717, 1.165) is 31.9 Å². The smallest absolute Gasteiger partial charge is 0.137 e. The minimum Gasteiger partial charge on any atom is -0.489 e. The van der Waals surface area contributed by atoms with Crippen molar-refractivity contribution in [1.82, 2.24) is 4.90 Å². The third-order valence-electron chi connectivity index (χ3n) is 5.00. The molecule has 1 aliphatic rings. The molecular formula is C23H31NO2. The number of ether oxygens (including phenoxy) is 2. The molecule has 1 heterocycles. The van der Waals surface area contributed by atoms with Crippen LogP contribution in [0.25, 0.3) is 0 Å². The Morgan fingerprint density at radius 3 is 2.65 bits per heavy atom. The number of benzene rings is 2. The highest BCUT2D eigenvalue weighted by Gasteiger charge is 2.27. The van der Waals surface area contributed by atoms with E-state index in [1.54, 1.807) is 0 Å². The Labute approximate surface area is 157 Å². The molecular weight excluding hydrogens is 322 g/mol. The monoisotopic (exact) mass is 353 g/mol. The van der Waals surface area contributed by atoms with E-state index in [2.05, 4.69) is 49.1 Å². The molecule has 1 atom stereocenters. The van der Waals surface area contributed by atoms with Crippen molar-refractivity contribution in [2.24, 2.45) is 0 Å². The van der Waals surface area contributed by atoms with Gasteiger partial charge in [-0.25, -0.2) is 0 Å². The van der Waals surface area contributed by atoms with Gasteiger partial charge in [0.05, 0.1) is 0 Å². The number of unbranched alkanes of at least 4 members (excludes halogenated alkanes) is 2.